The lowest BCUT2D eigenvalue weighted by Gasteiger charge is -2.17. The van der Waals surface area contributed by atoms with Gasteiger partial charge in [-0.25, -0.2) is 0 Å². The fraction of sp³-hybridized carbons (Fsp3) is 0.333. The highest BCUT2D eigenvalue weighted by Crippen LogP contribution is 2.33. The van der Waals surface area contributed by atoms with E-state index in [1.54, 1.807) is 18.2 Å². The first-order chi connectivity index (χ1) is 8.52. The molecule has 0 aromatic heterocycles. The summed E-state index contributed by atoms with van der Waals surface area (Å²) in [6, 6.07) is 4.89. The zero-order valence-corrected chi connectivity index (χ0v) is 11.2. The molecule has 1 amide bonds. The summed E-state index contributed by atoms with van der Waals surface area (Å²) < 4.78 is 4.64. The van der Waals surface area contributed by atoms with Crippen molar-refractivity contribution in [2.24, 2.45) is 5.92 Å². The molecular weight excluding hydrogens is 277 g/mol. The number of carbonyl (C=O) groups excluding carboxylic acids is 2. The molecule has 1 aromatic carbocycles. The van der Waals surface area contributed by atoms with Crippen molar-refractivity contribution in [1.29, 1.82) is 0 Å². The molecule has 18 heavy (non-hydrogen) atoms. The molecule has 2 rings (SSSR count). The lowest BCUT2D eigenvalue weighted by molar-refractivity contribution is -0.145. The maximum absolute atomic E-state index is 11.9. The fourth-order valence-electron chi connectivity index (χ4n) is 1.97. The third kappa shape index (κ3) is 2.44. The summed E-state index contributed by atoms with van der Waals surface area (Å²) in [4.78, 5) is 24.8. The second kappa shape index (κ2) is 5.16. The molecule has 1 aliphatic rings. The predicted molar refractivity (Wildman–Crippen MR) is 68.9 cm³/mol. The number of carbonyl (C=O) groups is 2. The van der Waals surface area contributed by atoms with E-state index in [2.05, 4.69) is 4.74 Å². The molecule has 0 aliphatic carbocycles. The van der Waals surface area contributed by atoms with E-state index in [-0.39, 0.29) is 24.8 Å². The molecule has 0 spiro atoms. The summed E-state index contributed by atoms with van der Waals surface area (Å²) in [5.74, 6) is -0.959. The third-order valence-corrected chi connectivity index (χ3v) is 3.40. The Morgan fingerprint density at radius 2 is 2.17 bits per heavy atom. The Kier molecular flexibility index (Phi) is 3.78. The maximum atomic E-state index is 11.9. The van der Waals surface area contributed by atoms with Gasteiger partial charge in [0, 0.05) is 18.0 Å². The number of benzene rings is 1. The number of rotatable bonds is 2. The van der Waals surface area contributed by atoms with Crippen molar-refractivity contribution in [2.45, 2.75) is 6.42 Å². The SMILES string of the molecule is COC(=O)[C@@H]1CC(=O)N(c2ccc(Cl)cc2Cl)C1. The smallest absolute Gasteiger partial charge is 0.311 e. The van der Waals surface area contributed by atoms with Crippen LogP contribution in [0.5, 0.6) is 0 Å². The molecule has 0 bridgehead atoms. The Morgan fingerprint density at radius 3 is 2.78 bits per heavy atom. The Labute approximate surface area is 114 Å². The largest absolute Gasteiger partial charge is 0.469 e. The molecule has 1 atom stereocenters. The molecule has 0 saturated carbocycles. The van der Waals surface area contributed by atoms with Crippen LogP contribution in [-0.4, -0.2) is 25.5 Å². The number of nitrogens with zero attached hydrogens (tertiary/aromatic N) is 1. The van der Waals surface area contributed by atoms with Gasteiger partial charge in [0.25, 0.3) is 0 Å². The van der Waals surface area contributed by atoms with E-state index in [0.717, 1.165) is 0 Å². The van der Waals surface area contributed by atoms with Crippen LogP contribution >= 0.6 is 23.2 Å². The number of ether oxygens (including phenoxy) is 1. The molecule has 1 saturated heterocycles. The molecule has 6 heteroatoms. The molecule has 0 radical (unpaired) electrons. The Morgan fingerprint density at radius 1 is 1.44 bits per heavy atom. The molecule has 1 fully saturated rings. The third-order valence-electron chi connectivity index (χ3n) is 2.86. The Balaban J connectivity index is 2.24. The van der Waals surface area contributed by atoms with E-state index in [9.17, 15) is 9.59 Å². The van der Waals surface area contributed by atoms with Crippen LogP contribution in [0.3, 0.4) is 0 Å². The molecule has 4 nitrogen and oxygen atoms in total. The van der Waals surface area contributed by atoms with E-state index >= 15 is 0 Å². The minimum Gasteiger partial charge on any atom is -0.469 e. The van der Waals surface area contributed by atoms with Gasteiger partial charge >= 0.3 is 5.97 Å². The highest BCUT2D eigenvalue weighted by Gasteiger charge is 2.36. The minimum atomic E-state index is -0.436. The molecule has 1 aliphatic heterocycles. The van der Waals surface area contributed by atoms with E-state index in [1.165, 1.54) is 12.0 Å². The van der Waals surface area contributed by atoms with Crippen molar-refractivity contribution in [3.8, 4) is 0 Å². The van der Waals surface area contributed by atoms with E-state index in [1.807, 2.05) is 0 Å². The zero-order chi connectivity index (χ0) is 13.3. The van der Waals surface area contributed by atoms with Crippen molar-refractivity contribution in [3.63, 3.8) is 0 Å². The molecule has 96 valence electrons. The van der Waals surface area contributed by atoms with Crippen LogP contribution in [0, 0.1) is 5.92 Å². The topological polar surface area (TPSA) is 46.6 Å². The van der Waals surface area contributed by atoms with Gasteiger partial charge in [-0.2, -0.15) is 0 Å². The quantitative estimate of drug-likeness (QED) is 0.786. The monoisotopic (exact) mass is 287 g/mol. The van der Waals surface area contributed by atoms with Crippen molar-refractivity contribution in [2.75, 3.05) is 18.6 Å². The van der Waals surface area contributed by atoms with Gasteiger partial charge < -0.3 is 9.64 Å². The first-order valence-electron chi connectivity index (χ1n) is 5.36. The van der Waals surface area contributed by atoms with Crippen molar-refractivity contribution >= 4 is 40.8 Å². The summed E-state index contributed by atoms with van der Waals surface area (Å²) >= 11 is 11.8. The summed E-state index contributed by atoms with van der Waals surface area (Å²) in [7, 11) is 1.31. The first kappa shape index (κ1) is 13.2. The van der Waals surface area contributed by atoms with Crippen LogP contribution in [0.2, 0.25) is 10.0 Å². The second-order valence-corrected chi connectivity index (χ2v) is 4.87. The highest BCUT2D eigenvalue weighted by molar-refractivity contribution is 6.36. The average Bonchev–Trinajstić information content (AvgIpc) is 2.70. The molecule has 0 N–H and O–H groups in total. The van der Waals surface area contributed by atoms with E-state index in [0.29, 0.717) is 15.7 Å². The van der Waals surface area contributed by atoms with Gasteiger partial charge in [0.05, 0.1) is 23.7 Å². The lowest BCUT2D eigenvalue weighted by atomic mass is 10.1. The van der Waals surface area contributed by atoms with E-state index in [4.69, 9.17) is 23.2 Å². The lowest BCUT2D eigenvalue weighted by Crippen LogP contribution is -2.26. The molecule has 1 heterocycles. The van der Waals surface area contributed by atoms with Gasteiger partial charge in [0.1, 0.15) is 0 Å². The molecule has 0 unspecified atom stereocenters. The van der Waals surface area contributed by atoms with Gasteiger partial charge in [0.15, 0.2) is 0 Å². The normalized spacial score (nSPS) is 19.2. The Hall–Kier alpha value is -1.26. The second-order valence-electron chi connectivity index (χ2n) is 4.02. The Bertz CT molecular complexity index is 504. The number of amides is 1. The van der Waals surface area contributed by atoms with Gasteiger partial charge in [-0.15, -0.1) is 0 Å². The van der Waals surface area contributed by atoms with Crippen LogP contribution in [-0.2, 0) is 14.3 Å². The van der Waals surface area contributed by atoms with Crippen LogP contribution in [0.4, 0.5) is 5.69 Å². The number of hydrogen-bond acceptors (Lipinski definition) is 3. The fourth-order valence-corrected chi connectivity index (χ4v) is 2.48. The maximum Gasteiger partial charge on any atom is 0.311 e. The summed E-state index contributed by atoms with van der Waals surface area (Å²) in [5.41, 5.74) is 0.567. The number of methoxy groups -OCH3 is 1. The van der Waals surface area contributed by atoms with Gasteiger partial charge in [0.2, 0.25) is 5.91 Å². The van der Waals surface area contributed by atoms with Gasteiger partial charge in [-0.3, -0.25) is 9.59 Å². The standard InChI is InChI=1S/C12H11Cl2NO3/c1-18-12(17)7-4-11(16)15(6-7)10-3-2-8(13)5-9(10)14/h2-3,5,7H,4,6H2,1H3/t7-/m1/s1. The van der Waals surface area contributed by atoms with Gasteiger partial charge in [-0.1, -0.05) is 23.2 Å². The zero-order valence-electron chi connectivity index (χ0n) is 9.65. The average molecular weight is 288 g/mol. The van der Waals surface area contributed by atoms with Crippen LogP contribution in [0.25, 0.3) is 0 Å². The summed E-state index contributed by atoms with van der Waals surface area (Å²) in [6.45, 7) is 0.285. The van der Waals surface area contributed by atoms with Gasteiger partial charge in [-0.05, 0) is 18.2 Å². The highest BCUT2D eigenvalue weighted by atomic mass is 35.5. The molecular formula is C12H11Cl2NO3. The van der Waals surface area contributed by atoms with Crippen LogP contribution in [0.1, 0.15) is 6.42 Å². The van der Waals surface area contributed by atoms with Crippen LogP contribution in [0.15, 0.2) is 18.2 Å². The van der Waals surface area contributed by atoms with Crippen molar-refractivity contribution in [1.82, 2.24) is 0 Å². The van der Waals surface area contributed by atoms with E-state index < -0.39 is 5.92 Å². The number of hydrogen-bond donors (Lipinski definition) is 0. The summed E-state index contributed by atoms with van der Waals surface area (Å²) in [5, 5.41) is 0.890. The number of halogens is 2. The van der Waals surface area contributed by atoms with Crippen molar-refractivity contribution in [3.05, 3.63) is 28.2 Å². The minimum absolute atomic E-state index is 0.144. The first-order valence-corrected chi connectivity index (χ1v) is 6.11. The number of esters is 1. The van der Waals surface area contributed by atoms with Crippen LogP contribution < -0.4 is 4.90 Å². The number of anilines is 1. The predicted octanol–water partition coefficient (Wildman–Crippen LogP) is 2.52. The summed E-state index contributed by atoms with van der Waals surface area (Å²) in [6.07, 6.45) is 0.144. The van der Waals surface area contributed by atoms with Crippen molar-refractivity contribution < 1.29 is 14.3 Å². The molecule has 1 aromatic rings.